The average Bonchev–Trinajstić information content (AvgIpc) is 1.84. The standard InChI is InChI=1S/C4H3ClF6/c5-4(10,11)2(7)3(8,9)1-6/h2H,1H2. The summed E-state index contributed by atoms with van der Waals surface area (Å²) < 4.78 is 69.5. The normalized spacial score (nSPS) is 16.6. The Morgan fingerprint density at radius 2 is 1.55 bits per heavy atom. The highest BCUT2D eigenvalue weighted by molar-refractivity contribution is 6.22. The molecule has 7 heteroatoms. The van der Waals surface area contributed by atoms with Crippen LogP contribution in [0.3, 0.4) is 0 Å². The first kappa shape index (κ1) is 10.9. The molecular weight excluding hydrogens is 197 g/mol. The van der Waals surface area contributed by atoms with Crippen LogP contribution in [0.2, 0.25) is 0 Å². The van der Waals surface area contributed by atoms with Crippen LogP contribution in [0.1, 0.15) is 0 Å². The number of hydrogen-bond donors (Lipinski definition) is 0. The molecule has 0 fully saturated rings. The molecule has 0 bridgehead atoms. The highest BCUT2D eigenvalue weighted by atomic mass is 35.5. The maximum Gasteiger partial charge on any atom is 0.358 e. The van der Waals surface area contributed by atoms with Crippen molar-refractivity contribution in [3.63, 3.8) is 0 Å². The zero-order valence-electron chi connectivity index (χ0n) is 4.93. The average molecular weight is 201 g/mol. The summed E-state index contributed by atoms with van der Waals surface area (Å²) in [5.74, 6) is -4.73. The van der Waals surface area contributed by atoms with Crippen LogP contribution in [0, 0.1) is 0 Å². The van der Waals surface area contributed by atoms with Crippen LogP contribution >= 0.6 is 11.6 Å². The summed E-state index contributed by atoms with van der Waals surface area (Å²) in [5, 5.41) is -4.74. The van der Waals surface area contributed by atoms with Crippen molar-refractivity contribution in [2.45, 2.75) is 17.5 Å². The monoisotopic (exact) mass is 200 g/mol. The lowest BCUT2D eigenvalue weighted by Crippen LogP contribution is -2.42. The molecule has 0 aliphatic carbocycles. The summed E-state index contributed by atoms with van der Waals surface area (Å²) in [4.78, 5) is 0. The number of alkyl halides is 7. The molecule has 1 atom stereocenters. The Balaban J connectivity index is 4.35. The second kappa shape index (κ2) is 3.08. The first-order valence-corrected chi connectivity index (χ1v) is 2.74. The fourth-order valence-corrected chi connectivity index (χ4v) is 0.467. The minimum absolute atomic E-state index is 2.50. The van der Waals surface area contributed by atoms with E-state index in [4.69, 9.17) is 0 Å². The van der Waals surface area contributed by atoms with E-state index in [1.807, 2.05) is 0 Å². The Kier molecular flexibility index (Phi) is 3.05. The van der Waals surface area contributed by atoms with Crippen LogP contribution in [0.4, 0.5) is 26.3 Å². The van der Waals surface area contributed by atoms with Crippen molar-refractivity contribution >= 4 is 11.6 Å². The molecular formula is C4H3ClF6. The van der Waals surface area contributed by atoms with Crippen molar-refractivity contribution < 1.29 is 26.3 Å². The van der Waals surface area contributed by atoms with Gasteiger partial charge in [0.1, 0.15) is 0 Å². The van der Waals surface area contributed by atoms with Gasteiger partial charge < -0.3 is 0 Å². The third-order valence-electron chi connectivity index (χ3n) is 0.836. The molecule has 0 rings (SSSR count). The van der Waals surface area contributed by atoms with E-state index >= 15 is 0 Å². The molecule has 0 aromatic carbocycles. The molecule has 0 amide bonds. The van der Waals surface area contributed by atoms with E-state index in [0.29, 0.717) is 0 Å². The smallest absolute Gasteiger partial charge is 0.244 e. The van der Waals surface area contributed by atoms with Gasteiger partial charge in [0.2, 0.25) is 6.17 Å². The molecule has 68 valence electrons. The summed E-state index contributed by atoms with van der Waals surface area (Å²) in [6.45, 7) is -2.50. The second-order valence-corrected chi connectivity index (χ2v) is 2.30. The minimum Gasteiger partial charge on any atom is -0.244 e. The van der Waals surface area contributed by atoms with E-state index in [1.54, 1.807) is 0 Å². The van der Waals surface area contributed by atoms with Gasteiger partial charge in [-0.3, -0.25) is 0 Å². The van der Waals surface area contributed by atoms with Crippen LogP contribution in [-0.4, -0.2) is 24.2 Å². The van der Waals surface area contributed by atoms with E-state index < -0.39 is 24.2 Å². The van der Waals surface area contributed by atoms with Gasteiger partial charge in [-0.15, -0.1) is 0 Å². The van der Waals surface area contributed by atoms with Gasteiger partial charge in [-0.25, -0.2) is 17.6 Å². The van der Waals surface area contributed by atoms with Gasteiger partial charge in [0.05, 0.1) is 0 Å². The van der Waals surface area contributed by atoms with Gasteiger partial charge in [-0.2, -0.15) is 8.78 Å². The Morgan fingerprint density at radius 3 is 1.64 bits per heavy atom. The number of hydrogen-bond acceptors (Lipinski definition) is 0. The van der Waals surface area contributed by atoms with Crippen LogP contribution in [0.5, 0.6) is 0 Å². The molecule has 0 radical (unpaired) electrons. The van der Waals surface area contributed by atoms with E-state index in [1.165, 1.54) is 0 Å². The molecule has 0 aliphatic heterocycles. The summed E-state index contributed by atoms with van der Waals surface area (Å²) in [5.41, 5.74) is 0. The van der Waals surface area contributed by atoms with E-state index in [2.05, 4.69) is 11.6 Å². The third-order valence-corrected chi connectivity index (χ3v) is 1.03. The maximum atomic E-state index is 11.8. The largest absolute Gasteiger partial charge is 0.358 e. The van der Waals surface area contributed by atoms with E-state index in [0.717, 1.165) is 0 Å². The predicted octanol–water partition coefficient (Wildman–Crippen LogP) is 2.76. The molecule has 0 saturated heterocycles. The molecule has 0 N–H and O–H groups in total. The first-order valence-electron chi connectivity index (χ1n) is 2.36. The first-order chi connectivity index (χ1) is 4.72. The zero-order chi connectivity index (χ0) is 9.28. The summed E-state index contributed by atoms with van der Waals surface area (Å²) in [7, 11) is 0. The van der Waals surface area contributed by atoms with Gasteiger partial charge in [0.25, 0.3) is 0 Å². The number of rotatable bonds is 3. The van der Waals surface area contributed by atoms with Crippen molar-refractivity contribution in [3.8, 4) is 0 Å². The summed E-state index contributed by atoms with van der Waals surface area (Å²) in [6, 6.07) is 0. The summed E-state index contributed by atoms with van der Waals surface area (Å²) in [6.07, 6.45) is -4.00. The molecule has 0 heterocycles. The molecule has 0 spiro atoms. The molecule has 1 unspecified atom stereocenters. The molecule has 0 saturated carbocycles. The van der Waals surface area contributed by atoms with Crippen LogP contribution in [0.25, 0.3) is 0 Å². The predicted molar refractivity (Wildman–Crippen MR) is 26.6 cm³/mol. The lowest BCUT2D eigenvalue weighted by Gasteiger charge is -2.20. The van der Waals surface area contributed by atoms with Crippen molar-refractivity contribution in [2.24, 2.45) is 0 Å². The van der Waals surface area contributed by atoms with Crippen LogP contribution in [0.15, 0.2) is 0 Å². The Hall–Kier alpha value is -0.130. The molecule has 11 heavy (non-hydrogen) atoms. The Bertz CT molecular complexity index is 129. The van der Waals surface area contributed by atoms with Gasteiger partial charge in [0, 0.05) is 0 Å². The van der Waals surface area contributed by atoms with Crippen molar-refractivity contribution in [1.29, 1.82) is 0 Å². The highest BCUT2D eigenvalue weighted by Crippen LogP contribution is 2.36. The van der Waals surface area contributed by atoms with E-state index in [9.17, 15) is 26.3 Å². The molecule has 0 aliphatic rings. The topological polar surface area (TPSA) is 0 Å². The molecule has 0 aromatic heterocycles. The maximum absolute atomic E-state index is 11.8. The fourth-order valence-electron chi connectivity index (χ4n) is 0.307. The minimum atomic E-state index is -4.74. The molecule has 0 aromatic rings. The Morgan fingerprint density at radius 1 is 1.18 bits per heavy atom. The zero-order valence-corrected chi connectivity index (χ0v) is 5.69. The van der Waals surface area contributed by atoms with Gasteiger partial charge >= 0.3 is 11.3 Å². The van der Waals surface area contributed by atoms with E-state index in [-0.39, 0.29) is 0 Å². The van der Waals surface area contributed by atoms with Gasteiger partial charge in [-0.1, -0.05) is 0 Å². The SMILES string of the molecule is FCC(F)(F)C(F)C(F)(F)Cl. The van der Waals surface area contributed by atoms with Crippen LogP contribution < -0.4 is 0 Å². The number of halogens is 7. The van der Waals surface area contributed by atoms with Crippen molar-refractivity contribution in [1.82, 2.24) is 0 Å². The van der Waals surface area contributed by atoms with Crippen LogP contribution in [-0.2, 0) is 0 Å². The highest BCUT2D eigenvalue weighted by Gasteiger charge is 2.55. The second-order valence-electron chi connectivity index (χ2n) is 1.80. The summed E-state index contributed by atoms with van der Waals surface area (Å²) >= 11 is 3.89. The van der Waals surface area contributed by atoms with Gasteiger partial charge in [0.15, 0.2) is 6.67 Å². The van der Waals surface area contributed by atoms with Crippen molar-refractivity contribution in [3.05, 3.63) is 0 Å². The lowest BCUT2D eigenvalue weighted by molar-refractivity contribution is -0.152. The van der Waals surface area contributed by atoms with Crippen molar-refractivity contribution in [2.75, 3.05) is 6.67 Å². The van der Waals surface area contributed by atoms with Gasteiger partial charge in [-0.05, 0) is 11.6 Å². The Labute approximate surface area is 63.1 Å². The lowest BCUT2D eigenvalue weighted by atomic mass is 10.2. The fraction of sp³-hybridized carbons (Fsp3) is 1.00. The third kappa shape index (κ3) is 2.76. The molecule has 0 nitrogen and oxygen atoms in total. The quantitative estimate of drug-likeness (QED) is 0.485.